The highest BCUT2D eigenvalue weighted by Gasteiger charge is 2.12. The number of rotatable bonds is 14. The Morgan fingerprint density at radius 1 is 1.17 bits per heavy atom. The minimum absolute atomic E-state index is 0. The normalized spacial score (nSPS) is 11.4. The quantitative estimate of drug-likeness (QED) is 0.213. The van der Waals surface area contributed by atoms with E-state index in [9.17, 15) is 8.78 Å². The zero-order chi connectivity index (χ0) is 21.5. The molecule has 1 aromatic rings. The van der Waals surface area contributed by atoms with Gasteiger partial charge in [-0.2, -0.15) is 8.78 Å². The molecule has 0 amide bonds. The van der Waals surface area contributed by atoms with Crippen molar-refractivity contribution in [2.45, 2.75) is 33.4 Å². The van der Waals surface area contributed by atoms with E-state index in [1.807, 2.05) is 20.9 Å². The van der Waals surface area contributed by atoms with Gasteiger partial charge in [-0.3, -0.25) is 0 Å². The van der Waals surface area contributed by atoms with E-state index in [-0.39, 0.29) is 36.3 Å². The summed E-state index contributed by atoms with van der Waals surface area (Å²) < 4.78 is 40.8. The second-order valence-electron chi connectivity index (χ2n) is 6.41. The first-order chi connectivity index (χ1) is 14.0. The van der Waals surface area contributed by atoms with Gasteiger partial charge >= 0.3 is 6.61 Å². The monoisotopic (exact) mass is 544 g/mol. The van der Waals surface area contributed by atoms with E-state index in [4.69, 9.17) is 9.47 Å². The topological polar surface area (TPSA) is 67.4 Å². The van der Waals surface area contributed by atoms with Crippen LogP contribution in [-0.4, -0.2) is 71.0 Å². The summed E-state index contributed by atoms with van der Waals surface area (Å²) >= 11 is 0. The number of ether oxygens (including phenoxy) is 3. The second kappa shape index (κ2) is 17.3. The number of hydrogen-bond acceptors (Lipinski definition) is 5. The molecule has 0 saturated heterocycles. The number of hydrogen-bond donors (Lipinski definition) is 2. The molecule has 1 rings (SSSR count). The third-order valence-corrected chi connectivity index (χ3v) is 3.94. The predicted molar refractivity (Wildman–Crippen MR) is 126 cm³/mol. The van der Waals surface area contributed by atoms with Crippen LogP contribution in [0.15, 0.2) is 23.2 Å². The lowest BCUT2D eigenvalue weighted by molar-refractivity contribution is -0.0505. The first-order valence-corrected chi connectivity index (χ1v) is 9.90. The fourth-order valence-corrected chi connectivity index (χ4v) is 2.41. The van der Waals surface area contributed by atoms with Crippen LogP contribution in [0.3, 0.4) is 0 Å². The molecule has 0 fully saturated rings. The summed E-state index contributed by atoms with van der Waals surface area (Å²) in [5, 5.41) is 6.39. The zero-order valence-electron chi connectivity index (χ0n) is 18.2. The van der Waals surface area contributed by atoms with E-state index in [1.54, 1.807) is 19.2 Å². The van der Waals surface area contributed by atoms with Crippen LogP contribution in [0.2, 0.25) is 0 Å². The summed E-state index contributed by atoms with van der Waals surface area (Å²) in [4.78, 5) is 6.63. The summed E-state index contributed by atoms with van der Waals surface area (Å²) in [6.07, 6.45) is 0.829. The van der Waals surface area contributed by atoms with E-state index >= 15 is 0 Å². The van der Waals surface area contributed by atoms with Crippen molar-refractivity contribution < 1.29 is 23.0 Å². The lowest BCUT2D eigenvalue weighted by Crippen LogP contribution is -2.41. The van der Waals surface area contributed by atoms with Crippen LogP contribution in [0.25, 0.3) is 0 Å². The molecule has 174 valence electrons. The number of guanidine groups is 1. The Labute approximate surface area is 195 Å². The molecule has 7 nitrogen and oxygen atoms in total. The van der Waals surface area contributed by atoms with Crippen molar-refractivity contribution in [1.82, 2.24) is 15.5 Å². The number of halogens is 3. The summed E-state index contributed by atoms with van der Waals surface area (Å²) in [6, 6.07) is 4.93. The van der Waals surface area contributed by atoms with Crippen molar-refractivity contribution in [1.29, 1.82) is 0 Å². The number of nitrogens with one attached hydrogen (secondary N) is 2. The Kier molecular flexibility index (Phi) is 16.5. The van der Waals surface area contributed by atoms with Crippen molar-refractivity contribution in [2.24, 2.45) is 4.99 Å². The van der Waals surface area contributed by atoms with E-state index in [2.05, 4.69) is 25.3 Å². The number of nitrogens with zero attached hydrogens (tertiary/aromatic N) is 2. The van der Waals surface area contributed by atoms with Gasteiger partial charge in [-0.05, 0) is 32.5 Å². The van der Waals surface area contributed by atoms with Gasteiger partial charge in [0.05, 0.1) is 19.8 Å². The minimum Gasteiger partial charge on any atom is -0.493 e. The molecule has 2 N–H and O–H groups in total. The van der Waals surface area contributed by atoms with E-state index in [1.165, 1.54) is 6.07 Å². The Hall–Kier alpha value is -1.40. The van der Waals surface area contributed by atoms with Gasteiger partial charge in [0, 0.05) is 44.9 Å². The standard InChI is InChI=1S/C20H34F2N4O3.HI/c1-5-12-28-17-8-7-16(18(14-17)29-19(21)22)15-25-20(23-6-2)24-9-10-26(3)11-13-27-4;/h7-8,14,19H,5-6,9-13,15H2,1-4H3,(H2,23,24,25);1H. The highest BCUT2D eigenvalue weighted by molar-refractivity contribution is 14.0. The van der Waals surface area contributed by atoms with E-state index in [0.29, 0.717) is 43.6 Å². The Bertz CT molecular complexity index is 609. The van der Waals surface area contributed by atoms with E-state index in [0.717, 1.165) is 19.5 Å². The molecule has 10 heteroatoms. The third-order valence-electron chi connectivity index (χ3n) is 3.94. The Morgan fingerprint density at radius 2 is 1.93 bits per heavy atom. The molecule has 0 unspecified atom stereocenters. The molecular weight excluding hydrogens is 509 g/mol. The van der Waals surface area contributed by atoms with Crippen LogP contribution in [0, 0.1) is 0 Å². The van der Waals surface area contributed by atoms with Crippen molar-refractivity contribution in [3.8, 4) is 11.5 Å². The van der Waals surface area contributed by atoms with Crippen LogP contribution in [0.4, 0.5) is 8.78 Å². The van der Waals surface area contributed by atoms with E-state index < -0.39 is 6.61 Å². The maximum atomic E-state index is 12.8. The maximum absolute atomic E-state index is 12.8. The van der Waals surface area contributed by atoms with Crippen molar-refractivity contribution >= 4 is 29.9 Å². The van der Waals surface area contributed by atoms with Crippen LogP contribution in [0.5, 0.6) is 11.5 Å². The van der Waals surface area contributed by atoms with Crippen LogP contribution in [-0.2, 0) is 11.3 Å². The van der Waals surface area contributed by atoms with Gasteiger partial charge < -0.3 is 29.7 Å². The van der Waals surface area contributed by atoms with Gasteiger partial charge in [-0.25, -0.2) is 4.99 Å². The van der Waals surface area contributed by atoms with Crippen molar-refractivity contribution in [3.63, 3.8) is 0 Å². The number of methoxy groups -OCH3 is 1. The largest absolute Gasteiger partial charge is 0.493 e. The number of aliphatic imine (C=N–C) groups is 1. The van der Waals surface area contributed by atoms with Gasteiger partial charge in [0.1, 0.15) is 11.5 Å². The third kappa shape index (κ3) is 12.3. The second-order valence-corrected chi connectivity index (χ2v) is 6.41. The molecule has 0 aliphatic rings. The number of alkyl halides is 2. The predicted octanol–water partition coefficient (Wildman–Crippen LogP) is 3.33. The molecule has 0 atom stereocenters. The van der Waals surface area contributed by atoms with Gasteiger partial charge in [-0.1, -0.05) is 6.92 Å². The van der Waals surface area contributed by atoms with Gasteiger partial charge in [0.15, 0.2) is 5.96 Å². The molecule has 0 saturated carbocycles. The smallest absolute Gasteiger partial charge is 0.387 e. The maximum Gasteiger partial charge on any atom is 0.387 e. The minimum atomic E-state index is -2.91. The van der Waals surface area contributed by atoms with Crippen molar-refractivity contribution in [3.05, 3.63) is 23.8 Å². The Morgan fingerprint density at radius 3 is 2.57 bits per heavy atom. The summed E-state index contributed by atoms with van der Waals surface area (Å²) in [5.41, 5.74) is 0.559. The molecule has 0 aromatic heterocycles. The molecule has 30 heavy (non-hydrogen) atoms. The van der Waals surface area contributed by atoms with Crippen molar-refractivity contribution in [2.75, 3.05) is 53.6 Å². The molecule has 0 radical (unpaired) electrons. The summed E-state index contributed by atoms with van der Waals surface area (Å²) in [5.74, 6) is 1.19. The first kappa shape index (κ1) is 28.6. The molecular formula is C20H35F2IN4O3. The van der Waals surface area contributed by atoms with Gasteiger partial charge in [0.2, 0.25) is 0 Å². The number of benzene rings is 1. The highest BCUT2D eigenvalue weighted by atomic mass is 127. The lowest BCUT2D eigenvalue weighted by atomic mass is 10.2. The molecule has 1 aromatic carbocycles. The van der Waals surface area contributed by atoms with Gasteiger partial charge in [-0.15, -0.1) is 24.0 Å². The molecule has 0 spiro atoms. The molecule has 0 aliphatic carbocycles. The highest BCUT2D eigenvalue weighted by Crippen LogP contribution is 2.27. The lowest BCUT2D eigenvalue weighted by Gasteiger charge is -2.18. The first-order valence-electron chi connectivity index (χ1n) is 9.90. The SMILES string of the molecule is CCCOc1ccc(CN=C(NCC)NCCN(C)CCOC)c(OC(F)F)c1.I. The zero-order valence-corrected chi connectivity index (χ0v) is 20.6. The average molecular weight is 544 g/mol. The van der Waals surface area contributed by atoms with Crippen LogP contribution in [0.1, 0.15) is 25.8 Å². The molecule has 0 aliphatic heterocycles. The van der Waals surface area contributed by atoms with Crippen LogP contribution < -0.4 is 20.1 Å². The summed E-state index contributed by atoms with van der Waals surface area (Å²) in [7, 11) is 3.69. The van der Waals surface area contributed by atoms with Crippen LogP contribution >= 0.6 is 24.0 Å². The van der Waals surface area contributed by atoms with Gasteiger partial charge in [0.25, 0.3) is 0 Å². The summed E-state index contributed by atoms with van der Waals surface area (Å²) in [6.45, 7) is 5.46. The molecule has 0 heterocycles. The number of likely N-dealkylation sites (N-methyl/N-ethyl adjacent to an activating group) is 1. The fraction of sp³-hybridized carbons (Fsp3) is 0.650. The Balaban J connectivity index is 0.00000841. The average Bonchev–Trinajstić information content (AvgIpc) is 2.69. The molecule has 0 bridgehead atoms. The fourth-order valence-electron chi connectivity index (χ4n) is 2.41.